The predicted octanol–water partition coefficient (Wildman–Crippen LogP) is 3.05. The molecule has 26 heavy (non-hydrogen) atoms. The molecule has 1 aliphatic rings. The second-order valence-electron chi connectivity index (χ2n) is 7.15. The summed E-state index contributed by atoms with van der Waals surface area (Å²) in [7, 11) is 3.20. The summed E-state index contributed by atoms with van der Waals surface area (Å²) in [6.07, 6.45) is 0.387. The van der Waals surface area contributed by atoms with Crippen molar-refractivity contribution in [1.82, 2.24) is 10.2 Å². The zero-order valence-corrected chi connectivity index (χ0v) is 18.7. The molecule has 0 bridgehead atoms. The van der Waals surface area contributed by atoms with Crippen molar-refractivity contribution < 1.29 is 14.6 Å². The van der Waals surface area contributed by atoms with Gasteiger partial charge in [0.05, 0.1) is 20.8 Å². The molecule has 0 radical (unpaired) electrons. The van der Waals surface area contributed by atoms with Gasteiger partial charge in [0.25, 0.3) is 0 Å². The molecule has 1 aromatic rings. The highest BCUT2D eigenvalue weighted by molar-refractivity contribution is 14.0. The standard InChI is InChI=1S/C19H31N3O3.HI/c1-6-20-18(22-10-9-19(2,3)13-22)21-12-16(23)15-11-14(24-4)7-8-17(15)25-5;/h7-8,11,16,23H,6,9-10,12-13H2,1-5H3,(H,20,21);1H. The van der Waals surface area contributed by atoms with E-state index in [9.17, 15) is 5.11 Å². The fourth-order valence-corrected chi connectivity index (χ4v) is 3.09. The first-order valence-corrected chi connectivity index (χ1v) is 8.83. The van der Waals surface area contributed by atoms with Crippen LogP contribution in [0.2, 0.25) is 0 Å². The number of likely N-dealkylation sites (tertiary alicyclic amines) is 1. The monoisotopic (exact) mass is 477 g/mol. The molecule has 0 amide bonds. The van der Waals surface area contributed by atoms with Crippen molar-refractivity contribution in [2.45, 2.75) is 33.3 Å². The van der Waals surface area contributed by atoms with E-state index < -0.39 is 6.10 Å². The van der Waals surface area contributed by atoms with Crippen LogP contribution >= 0.6 is 24.0 Å². The van der Waals surface area contributed by atoms with E-state index >= 15 is 0 Å². The van der Waals surface area contributed by atoms with E-state index in [1.807, 2.05) is 6.07 Å². The van der Waals surface area contributed by atoms with Gasteiger partial charge in [-0.1, -0.05) is 13.8 Å². The molecule has 1 fully saturated rings. The van der Waals surface area contributed by atoms with Crippen LogP contribution in [0.3, 0.4) is 0 Å². The number of nitrogens with zero attached hydrogens (tertiary/aromatic N) is 2. The number of halogens is 1. The van der Waals surface area contributed by atoms with Gasteiger partial charge in [-0.05, 0) is 37.0 Å². The molecule has 0 spiro atoms. The number of benzene rings is 1. The molecule has 1 heterocycles. The Bertz CT molecular complexity index is 608. The van der Waals surface area contributed by atoms with Crippen LogP contribution in [0, 0.1) is 5.41 Å². The molecule has 6 nitrogen and oxygen atoms in total. The van der Waals surface area contributed by atoms with Crippen LogP contribution in [0.15, 0.2) is 23.2 Å². The van der Waals surface area contributed by atoms with Crippen molar-refractivity contribution >= 4 is 29.9 Å². The maximum Gasteiger partial charge on any atom is 0.194 e. The van der Waals surface area contributed by atoms with Gasteiger partial charge in [0.1, 0.15) is 17.6 Å². The first kappa shape index (κ1) is 22.8. The minimum absolute atomic E-state index is 0. The predicted molar refractivity (Wildman–Crippen MR) is 116 cm³/mol. The summed E-state index contributed by atoms with van der Waals surface area (Å²) in [5.41, 5.74) is 0.980. The van der Waals surface area contributed by atoms with Gasteiger partial charge in [0.2, 0.25) is 0 Å². The lowest BCUT2D eigenvalue weighted by molar-refractivity contribution is 0.181. The van der Waals surface area contributed by atoms with Crippen molar-refractivity contribution in [2.24, 2.45) is 10.4 Å². The summed E-state index contributed by atoms with van der Waals surface area (Å²) in [6, 6.07) is 5.41. The van der Waals surface area contributed by atoms with Gasteiger partial charge in [-0.2, -0.15) is 0 Å². The number of hydrogen-bond donors (Lipinski definition) is 2. The second-order valence-corrected chi connectivity index (χ2v) is 7.15. The second kappa shape index (κ2) is 10.2. The number of ether oxygens (including phenoxy) is 2. The maximum atomic E-state index is 10.6. The third-order valence-electron chi connectivity index (χ3n) is 4.52. The largest absolute Gasteiger partial charge is 0.497 e. The molecule has 1 saturated heterocycles. The molecule has 2 N–H and O–H groups in total. The van der Waals surface area contributed by atoms with Gasteiger partial charge in [-0.3, -0.25) is 4.99 Å². The average molecular weight is 477 g/mol. The van der Waals surface area contributed by atoms with E-state index in [1.54, 1.807) is 26.4 Å². The quantitative estimate of drug-likeness (QED) is 0.375. The summed E-state index contributed by atoms with van der Waals surface area (Å²) < 4.78 is 10.6. The smallest absolute Gasteiger partial charge is 0.194 e. The molecule has 7 heteroatoms. The topological polar surface area (TPSA) is 66.3 Å². The van der Waals surface area contributed by atoms with Crippen LogP contribution < -0.4 is 14.8 Å². The molecule has 148 valence electrons. The molecular weight excluding hydrogens is 445 g/mol. The third-order valence-corrected chi connectivity index (χ3v) is 4.52. The zero-order chi connectivity index (χ0) is 18.4. The van der Waals surface area contributed by atoms with Crippen molar-refractivity contribution in [2.75, 3.05) is 40.4 Å². The number of aliphatic hydroxyl groups is 1. The lowest BCUT2D eigenvalue weighted by atomic mass is 9.93. The van der Waals surface area contributed by atoms with E-state index in [0.717, 1.165) is 32.0 Å². The third kappa shape index (κ3) is 5.90. The lowest BCUT2D eigenvalue weighted by Crippen LogP contribution is -2.41. The number of aliphatic hydroxyl groups excluding tert-OH is 1. The molecule has 1 atom stereocenters. The molecule has 1 aliphatic heterocycles. The van der Waals surface area contributed by atoms with E-state index in [2.05, 4.69) is 36.0 Å². The summed E-state index contributed by atoms with van der Waals surface area (Å²) in [6.45, 7) is 9.61. The van der Waals surface area contributed by atoms with Gasteiger partial charge < -0.3 is 24.8 Å². The fourth-order valence-electron chi connectivity index (χ4n) is 3.09. The summed E-state index contributed by atoms with van der Waals surface area (Å²) in [5, 5.41) is 14.0. The molecular formula is C19H32IN3O3. The number of guanidine groups is 1. The average Bonchev–Trinajstić information content (AvgIpc) is 2.97. The Kier molecular flexibility index (Phi) is 8.95. The van der Waals surface area contributed by atoms with Gasteiger partial charge in [0, 0.05) is 25.2 Å². The molecule has 1 unspecified atom stereocenters. The Labute approximate surface area is 174 Å². The van der Waals surface area contributed by atoms with Crippen LogP contribution in [-0.4, -0.2) is 56.4 Å². The van der Waals surface area contributed by atoms with Crippen LogP contribution in [-0.2, 0) is 0 Å². The molecule has 2 rings (SSSR count). The number of methoxy groups -OCH3 is 2. The first-order valence-electron chi connectivity index (χ1n) is 8.83. The van der Waals surface area contributed by atoms with Gasteiger partial charge in [-0.15, -0.1) is 24.0 Å². The number of nitrogens with one attached hydrogen (secondary N) is 1. The Hall–Kier alpha value is -1.22. The van der Waals surface area contributed by atoms with Crippen LogP contribution in [0.25, 0.3) is 0 Å². The minimum Gasteiger partial charge on any atom is -0.497 e. The maximum absolute atomic E-state index is 10.6. The highest BCUT2D eigenvalue weighted by Gasteiger charge is 2.31. The molecule has 0 saturated carbocycles. The van der Waals surface area contributed by atoms with Gasteiger partial charge in [0.15, 0.2) is 5.96 Å². The Morgan fingerprint density at radius 3 is 2.62 bits per heavy atom. The van der Waals surface area contributed by atoms with Crippen molar-refractivity contribution in [3.63, 3.8) is 0 Å². The Morgan fingerprint density at radius 1 is 1.35 bits per heavy atom. The normalized spacial score (nSPS) is 17.5. The summed E-state index contributed by atoms with van der Waals surface area (Å²) in [4.78, 5) is 6.92. The number of rotatable bonds is 6. The van der Waals surface area contributed by atoms with Crippen molar-refractivity contribution in [3.05, 3.63) is 23.8 Å². The van der Waals surface area contributed by atoms with E-state index in [-0.39, 0.29) is 30.5 Å². The molecule has 1 aromatic carbocycles. The SMILES string of the molecule is CCNC(=NCC(O)c1cc(OC)ccc1OC)N1CCC(C)(C)C1.I. The first-order chi connectivity index (χ1) is 11.9. The summed E-state index contributed by atoms with van der Waals surface area (Å²) in [5.74, 6) is 2.18. The lowest BCUT2D eigenvalue weighted by Gasteiger charge is -2.24. The summed E-state index contributed by atoms with van der Waals surface area (Å²) >= 11 is 0. The van der Waals surface area contributed by atoms with Crippen molar-refractivity contribution in [1.29, 1.82) is 0 Å². The molecule has 0 aromatic heterocycles. The Balaban J connectivity index is 0.00000338. The van der Waals surface area contributed by atoms with E-state index in [1.165, 1.54) is 0 Å². The Morgan fingerprint density at radius 2 is 2.08 bits per heavy atom. The van der Waals surface area contributed by atoms with Gasteiger partial charge >= 0.3 is 0 Å². The van der Waals surface area contributed by atoms with Crippen molar-refractivity contribution in [3.8, 4) is 11.5 Å². The molecule has 0 aliphatic carbocycles. The highest BCUT2D eigenvalue weighted by Crippen LogP contribution is 2.30. The zero-order valence-electron chi connectivity index (χ0n) is 16.4. The van der Waals surface area contributed by atoms with Crippen LogP contribution in [0.1, 0.15) is 38.9 Å². The number of aliphatic imine (C=N–C) groups is 1. The highest BCUT2D eigenvalue weighted by atomic mass is 127. The fraction of sp³-hybridized carbons (Fsp3) is 0.632. The van der Waals surface area contributed by atoms with Crippen LogP contribution in [0.5, 0.6) is 11.5 Å². The number of hydrogen-bond acceptors (Lipinski definition) is 4. The van der Waals surface area contributed by atoms with Gasteiger partial charge in [-0.25, -0.2) is 0 Å². The minimum atomic E-state index is -0.755. The van der Waals surface area contributed by atoms with E-state index in [4.69, 9.17) is 9.47 Å². The van der Waals surface area contributed by atoms with E-state index in [0.29, 0.717) is 22.5 Å². The van der Waals surface area contributed by atoms with Crippen LogP contribution in [0.4, 0.5) is 0 Å².